The molecule has 2 amide bonds. The number of halogens is 1. The molecule has 3 rings (SSSR count). The van der Waals surface area contributed by atoms with Crippen molar-refractivity contribution in [2.45, 2.75) is 37.4 Å². The lowest BCUT2D eigenvalue weighted by molar-refractivity contribution is -0.141. The molecule has 1 fully saturated rings. The van der Waals surface area contributed by atoms with Crippen LogP contribution in [-0.2, 0) is 16.1 Å². The Morgan fingerprint density at radius 2 is 1.74 bits per heavy atom. The number of alkyl halides is 1. The molecule has 1 heterocycles. The van der Waals surface area contributed by atoms with E-state index in [-0.39, 0.29) is 31.3 Å². The number of ether oxygens (including phenoxy) is 1. The Labute approximate surface area is 168 Å². The van der Waals surface area contributed by atoms with Crippen LogP contribution in [-0.4, -0.2) is 39.3 Å². The molecule has 1 saturated heterocycles. The average molecular weight is 431 g/mol. The highest BCUT2D eigenvalue weighted by Crippen LogP contribution is 2.29. The molecule has 1 aliphatic rings. The summed E-state index contributed by atoms with van der Waals surface area (Å²) in [6.45, 7) is 4.23. The van der Waals surface area contributed by atoms with Gasteiger partial charge in [-0.05, 0) is 25.0 Å². The third-order valence-electron chi connectivity index (χ3n) is 4.93. The van der Waals surface area contributed by atoms with E-state index in [0.29, 0.717) is 0 Å². The highest BCUT2D eigenvalue weighted by molar-refractivity contribution is 9.10. The number of hydrogen-bond donors (Lipinski definition) is 0. The van der Waals surface area contributed by atoms with Gasteiger partial charge in [0.05, 0.1) is 18.8 Å². The number of carbonyl (C=O) groups excluding carboxylic acids is 2. The molecule has 2 aromatic rings. The summed E-state index contributed by atoms with van der Waals surface area (Å²) in [5, 5.41) is 0. The van der Waals surface area contributed by atoms with Gasteiger partial charge in [0.15, 0.2) is 0 Å². The van der Waals surface area contributed by atoms with Crippen LogP contribution in [0.2, 0.25) is 0 Å². The van der Waals surface area contributed by atoms with Crippen molar-refractivity contribution in [1.29, 1.82) is 0 Å². The van der Waals surface area contributed by atoms with Gasteiger partial charge in [-0.15, -0.1) is 0 Å². The summed E-state index contributed by atoms with van der Waals surface area (Å²) in [5.41, 5.74) is 1.95. The second-order valence-electron chi connectivity index (χ2n) is 6.69. The molecule has 0 unspecified atom stereocenters. The number of benzene rings is 2. The lowest BCUT2D eigenvalue weighted by atomic mass is 10.0. The number of hydrogen-bond acceptors (Lipinski definition) is 3. The van der Waals surface area contributed by atoms with Gasteiger partial charge in [-0.3, -0.25) is 9.69 Å². The number of amides is 2. The standard InChI is InChI=1S/C21H23BrN2O3/c1-15(18-11-7-4-8-12-18)23-14-24(16(2)19(22)20(23)25)21(26)27-13-17-9-5-3-6-10-17/h3-12,15-16,19H,13-14H2,1-2H3/t15-,16+,19+/m0/s1. The van der Waals surface area contributed by atoms with Crippen molar-refractivity contribution in [3.8, 4) is 0 Å². The van der Waals surface area contributed by atoms with Gasteiger partial charge < -0.3 is 9.64 Å². The second kappa shape index (κ2) is 8.57. The molecule has 5 nitrogen and oxygen atoms in total. The SMILES string of the molecule is C[C@@H]1[C@@H](Br)C(=O)N([C@@H](C)c2ccccc2)CN1C(=O)OCc1ccccc1. The first kappa shape index (κ1) is 19.4. The molecule has 0 bridgehead atoms. The summed E-state index contributed by atoms with van der Waals surface area (Å²) in [6.07, 6.45) is -0.423. The first-order valence-corrected chi connectivity index (χ1v) is 9.87. The van der Waals surface area contributed by atoms with Crippen molar-refractivity contribution in [3.63, 3.8) is 0 Å². The van der Waals surface area contributed by atoms with E-state index in [2.05, 4.69) is 15.9 Å². The van der Waals surface area contributed by atoms with Crippen LogP contribution in [0.5, 0.6) is 0 Å². The molecule has 0 saturated carbocycles. The predicted molar refractivity (Wildman–Crippen MR) is 107 cm³/mol. The van der Waals surface area contributed by atoms with Crippen molar-refractivity contribution < 1.29 is 14.3 Å². The fourth-order valence-electron chi connectivity index (χ4n) is 3.14. The van der Waals surface area contributed by atoms with Crippen molar-refractivity contribution in [2.24, 2.45) is 0 Å². The van der Waals surface area contributed by atoms with E-state index in [1.807, 2.05) is 74.5 Å². The fourth-order valence-corrected chi connectivity index (χ4v) is 3.68. The second-order valence-corrected chi connectivity index (χ2v) is 7.67. The number of nitrogens with zero attached hydrogens (tertiary/aromatic N) is 2. The Balaban J connectivity index is 1.72. The first-order valence-electron chi connectivity index (χ1n) is 8.96. The van der Waals surface area contributed by atoms with Gasteiger partial charge >= 0.3 is 6.09 Å². The zero-order valence-corrected chi connectivity index (χ0v) is 17.0. The summed E-state index contributed by atoms with van der Waals surface area (Å²) in [7, 11) is 0. The lowest BCUT2D eigenvalue weighted by Crippen LogP contribution is -2.60. The Kier molecular flexibility index (Phi) is 6.16. The van der Waals surface area contributed by atoms with Gasteiger partial charge in [0.1, 0.15) is 11.4 Å². The Morgan fingerprint density at radius 3 is 2.37 bits per heavy atom. The van der Waals surface area contributed by atoms with Crippen LogP contribution in [0.4, 0.5) is 4.79 Å². The fraction of sp³-hybridized carbons (Fsp3) is 0.333. The van der Waals surface area contributed by atoms with E-state index in [0.717, 1.165) is 11.1 Å². The van der Waals surface area contributed by atoms with Gasteiger partial charge in [-0.25, -0.2) is 4.79 Å². The summed E-state index contributed by atoms with van der Waals surface area (Å²) in [6, 6.07) is 18.9. The zero-order valence-electron chi connectivity index (χ0n) is 15.4. The predicted octanol–water partition coefficient (Wildman–Crippen LogP) is 4.34. The molecule has 27 heavy (non-hydrogen) atoms. The van der Waals surface area contributed by atoms with E-state index in [4.69, 9.17) is 4.74 Å². The van der Waals surface area contributed by atoms with Crippen LogP contribution in [0.15, 0.2) is 60.7 Å². The quantitative estimate of drug-likeness (QED) is 0.677. The van der Waals surface area contributed by atoms with E-state index >= 15 is 0 Å². The van der Waals surface area contributed by atoms with Gasteiger partial charge in [-0.2, -0.15) is 0 Å². The van der Waals surface area contributed by atoms with Crippen LogP contribution < -0.4 is 0 Å². The molecule has 1 aliphatic heterocycles. The molecule has 3 atom stereocenters. The third kappa shape index (κ3) is 4.33. The topological polar surface area (TPSA) is 49.9 Å². The van der Waals surface area contributed by atoms with Crippen molar-refractivity contribution in [2.75, 3.05) is 6.67 Å². The molecule has 0 aliphatic carbocycles. The van der Waals surface area contributed by atoms with Crippen LogP contribution in [0, 0.1) is 0 Å². The lowest BCUT2D eigenvalue weighted by Gasteiger charge is -2.44. The van der Waals surface area contributed by atoms with E-state index in [1.165, 1.54) is 0 Å². The minimum atomic E-state index is -0.471. The first-order chi connectivity index (χ1) is 13.0. The summed E-state index contributed by atoms with van der Waals surface area (Å²) < 4.78 is 5.48. The van der Waals surface area contributed by atoms with E-state index in [9.17, 15) is 9.59 Å². The number of carbonyl (C=O) groups is 2. The summed E-state index contributed by atoms with van der Waals surface area (Å²) >= 11 is 3.46. The van der Waals surface area contributed by atoms with E-state index < -0.39 is 10.9 Å². The maximum Gasteiger partial charge on any atom is 0.411 e. The molecular weight excluding hydrogens is 408 g/mol. The Hall–Kier alpha value is -2.34. The maximum atomic E-state index is 12.8. The smallest absolute Gasteiger partial charge is 0.411 e. The molecule has 0 radical (unpaired) electrons. The molecule has 0 N–H and O–H groups in total. The van der Waals surface area contributed by atoms with Crippen molar-refractivity contribution >= 4 is 27.9 Å². The minimum Gasteiger partial charge on any atom is -0.444 e. The third-order valence-corrected chi connectivity index (χ3v) is 6.08. The maximum absolute atomic E-state index is 12.8. The van der Waals surface area contributed by atoms with Crippen LogP contribution >= 0.6 is 15.9 Å². The largest absolute Gasteiger partial charge is 0.444 e. The minimum absolute atomic E-state index is 0.0223. The molecule has 0 aromatic heterocycles. The van der Waals surface area contributed by atoms with Gasteiger partial charge in [-0.1, -0.05) is 76.6 Å². The molecule has 0 spiro atoms. The van der Waals surface area contributed by atoms with Gasteiger partial charge in [0.2, 0.25) is 5.91 Å². The Bertz CT molecular complexity index is 785. The molecule has 142 valence electrons. The molecule has 2 aromatic carbocycles. The Morgan fingerprint density at radius 1 is 1.15 bits per heavy atom. The zero-order chi connectivity index (χ0) is 19.4. The number of rotatable bonds is 4. The summed E-state index contributed by atoms with van der Waals surface area (Å²) in [4.78, 5) is 28.3. The molecule has 6 heteroatoms. The average Bonchev–Trinajstić information content (AvgIpc) is 2.71. The normalized spacial score (nSPS) is 21.1. The van der Waals surface area contributed by atoms with Crippen LogP contribution in [0.25, 0.3) is 0 Å². The van der Waals surface area contributed by atoms with Gasteiger partial charge in [0, 0.05) is 0 Å². The van der Waals surface area contributed by atoms with Gasteiger partial charge in [0.25, 0.3) is 0 Å². The highest BCUT2D eigenvalue weighted by Gasteiger charge is 2.42. The molecular formula is C21H23BrN2O3. The van der Waals surface area contributed by atoms with E-state index in [1.54, 1.807) is 9.80 Å². The highest BCUT2D eigenvalue weighted by atomic mass is 79.9. The van der Waals surface area contributed by atoms with Crippen LogP contribution in [0.3, 0.4) is 0 Å². The van der Waals surface area contributed by atoms with Crippen molar-refractivity contribution in [3.05, 3.63) is 71.8 Å². The monoisotopic (exact) mass is 430 g/mol. The summed E-state index contributed by atoms with van der Waals surface area (Å²) in [5.74, 6) is -0.0223. The van der Waals surface area contributed by atoms with Crippen LogP contribution in [0.1, 0.15) is 31.0 Å². The van der Waals surface area contributed by atoms with Crippen molar-refractivity contribution in [1.82, 2.24) is 9.80 Å².